The molecule has 0 fully saturated rings. The van der Waals surface area contributed by atoms with Gasteiger partial charge in [-0.15, -0.1) is 0 Å². The molecule has 0 bridgehead atoms. The zero-order valence-corrected chi connectivity index (χ0v) is 15.8. The number of benzene rings is 1. The number of H-pyrrole nitrogens is 1. The number of rotatable bonds is 6. The van der Waals surface area contributed by atoms with E-state index in [9.17, 15) is 14.0 Å². The van der Waals surface area contributed by atoms with E-state index in [0.29, 0.717) is 35.4 Å². The molecule has 1 aromatic carbocycles. The lowest BCUT2D eigenvalue weighted by Gasteiger charge is -2.15. The molecule has 0 saturated carbocycles. The summed E-state index contributed by atoms with van der Waals surface area (Å²) in [6, 6.07) is 6.03. The molecule has 27 heavy (non-hydrogen) atoms. The Bertz CT molecular complexity index is 1020. The fraction of sp³-hybridized carbons (Fsp3) is 0.350. The van der Waals surface area contributed by atoms with Gasteiger partial charge in [0.2, 0.25) is 0 Å². The highest BCUT2D eigenvalue weighted by molar-refractivity contribution is 5.99. The van der Waals surface area contributed by atoms with Crippen molar-refractivity contribution in [2.45, 2.75) is 33.1 Å². The first kappa shape index (κ1) is 18.8. The average molecular weight is 370 g/mol. The molecule has 0 atom stereocenters. The molecule has 1 N–H and O–H groups in total. The van der Waals surface area contributed by atoms with Crippen LogP contribution in [0.25, 0.3) is 5.65 Å². The first-order valence-corrected chi connectivity index (χ1v) is 9.02. The first-order chi connectivity index (χ1) is 12.9. The predicted molar refractivity (Wildman–Crippen MR) is 102 cm³/mol. The molecule has 0 spiro atoms. The Morgan fingerprint density at radius 3 is 2.67 bits per heavy atom. The number of amides is 1. The predicted octanol–water partition coefficient (Wildman–Crippen LogP) is 2.93. The van der Waals surface area contributed by atoms with Gasteiger partial charge in [-0.1, -0.05) is 25.5 Å². The van der Waals surface area contributed by atoms with E-state index in [4.69, 9.17) is 0 Å². The highest BCUT2D eigenvalue weighted by Gasteiger charge is 2.20. The topological polar surface area (TPSA) is 70.5 Å². The molecular formula is C20H23FN4O2. The second kappa shape index (κ2) is 7.73. The molecule has 0 unspecified atom stereocenters. The van der Waals surface area contributed by atoms with E-state index < -0.39 is 0 Å². The molecule has 142 valence electrons. The molecule has 0 aliphatic rings. The quantitative estimate of drug-likeness (QED) is 0.725. The summed E-state index contributed by atoms with van der Waals surface area (Å²) in [4.78, 5) is 31.7. The van der Waals surface area contributed by atoms with Crippen LogP contribution >= 0.6 is 0 Å². The van der Waals surface area contributed by atoms with Crippen LogP contribution in [0.2, 0.25) is 0 Å². The summed E-state index contributed by atoms with van der Waals surface area (Å²) < 4.78 is 14.4. The number of carbonyl (C=O) groups excluding carboxylic acids is 1. The number of aryl methyl sites for hydroxylation is 1. The minimum atomic E-state index is -0.319. The van der Waals surface area contributed by atoms with E-state index in [1.54, 1.807) is 31.0 Å². The molecular weight excluding hydrogens is 347 g/mol. The fourth-order valence-corrected chi connectivity index (χ4v) is 3.03. The SMILES string of the molecule is CCCCN(C)C(=O)c1c[nH]n2c(=O)c(Cc3ccc(F)cc3)c(C)nc12. The van der Waals surface area contributed by atoms with Crippen LogP contribution in [0.4, 0.5) is 4.39 Å². The third-order valence-electron chi connectivity index (χ3n) is 4.68. The molecule has 1 amide bonds. The van der Waals surface area contributed by atoms with Crippen molar-refractivity contribution in [2.24, 2.45) is 0 Å². The highest BCUT2D eigenvalue weighted by Crippen LogP contribution is 2.14. The zero-order chi connectivity index (χ0) is 19.6. The first-order valence-electron chi connectivity index (χ1n) is 9.02. The third kappa shape index (κ3) is 3.77. The van der Waals surface area contributed by atoms with Crippen LogP contribution in [0.5, 0.6) is 0 Å². The van der Waals surface area contributed by atoms with Crippen molar-refractivity contribution in [1.82, 2.24) is 19.5 Å². The lowest BCUT2D eigenvalue weighted by molar-refractivity contribution is 0.0795. The van der Waals surface area contributed by atoms with Crippen LogP contribution in [-0.2, 0) is 6.42 Å². The molecule has 0 radical (unpaired) electrons. The second-order valence-corrected chi connectivity index (χ2v) is 6.71. The van der Waals surface area contributed by atoms with Crippen LogP contribution in [0.1, 0.15) is 46.9 Å². The molecule has 0 saturated heterocycles. The Hall–Kier alpha value is -2.96. The average Bonchev–Trinajstić information content (AvgIpc) is 3.07. The maximum Gasteiger partial charge on any atom is 0.276 e. The number of nitrogens with zero attached hydrogens (tertiary/aromatic N) is 3. The smallest absolute Gasteiger partial charge is 0.276 e. The van der Waals surface area contributed by atoms with Gasteiger partial charge in [-0.3, -0.25) is 14.7 Å². The van der Waals surface area contributed by atoms with Crippen molar-refractivity contribution >= 4 is 11.6 Å². The Labute approximate surface area is 156 Å². The van der Waals surface area contributed by atoms with Crippen LogP contribution in [0.3, 0.4) is 0 Å². The minimum Gasteiger partial charge on any atom is -0.342 e. The summed E-state index contributed by atoms with van der Waals surface area (Å²) >= 11 is 0. The lowest BCUT2D eigenvalue weighted by Crippen LogP contribution is -2.28. The molecule has 7 heteroatoms. The zero-order valence-electron chi connectivity index (χ0n) is 15.8. The highest BCUT2D eigenvalue weighted by atomic mass is 19.1. The van der Waals surface area contributed by atoms with Gasteiger partial charge in [0.15, 0.2) is 5.65 Å². The fourth-order valence-electron chi connectivity index (χ4n) is 3.03. The molecule has 6 nitrogen and oxygen atoms in total. The number of hydrogen-bond acceptors (Lipinski definition) is 3. The maximum atomic E-state index is 13.1. The van der Waals surface area contributed by atoms with Gasteiger partial charge in [0.05, 0.1) is 0 Å². The van der Waals surface area contributed by atoms with Gasteiger partial charge in [0.25, 0.3) is 11.5 Å². The summed E-state index contributed by atoms with van der Waals surface area (Å²) in [5.41, 5.74) is 2.35. The van der Waals surface area contributed by atoms with Crippen molar-refractivity contribution in [3.8, 4) is 0 Å². The number of unbranched alkanes of at least 4 members (excludes halogenated alkanes) is 1. The summed E-state index contributed by atoms with van der Waals surface area (Å²) in [6.07, 6.45) is 3.78. The molecule has 2 aromatic heterocycles. The lowest BCUT2D eigenvalue weighted by atomic mass is 10.1. The Morgan fingerprint density at radius 2 is 2.00 bits per heavy atom. The van der Waals surface area contributed by atoms with Gasteiger partial charge in [-0.25, -0.2) is 13.9 Å². The van der Waals surface area contributed by atoms with Gasteiger partial charge >= 0.3 is 0 Å². The number of carbonyl (C=O) groups is 1. The summed E-state index contributed by atoms with van der Waals surface area (Å²) in [5, 5.41) is 2.85. The monoisotopic (exact) mass is 370 g/mol. The minimum absolute atomic E-state index is 0.167. The van der Waals surface area contributed by atoms with E-state index in [0.717, 1.165) is 18.4 Å². The molecule has 3 rings (SSSR count). The summed E-state index contributed by atoms with van der Waals surface area (Å²) in [6.45, 7) is 4.47. The maximum absolute atomic E-state index is 13.1. The number of nitrogens with one attached hydrogen (secondary N) is 1. The van der Waals surface area contributed by atoms with Crippen molar-refractivity contribution < 1.29 is 9.18 Å². The normalized spacial score (nSPS) is 11.1. The van der Waals surface area contributed by atoms with Crippen LogP contribution < -0.4 is 5.56 Å². The van der Waals surface area contributed by atoms with Gasteiger partial charge in [-0.2, -0.15) is 0 Å². The second-order valence-electron chi connectivity index (χ2n) is 6.71. The van der Waals surface area contributed by atoms with Gasteiger partial charge in [0, 0.05) is 37.5 Å². The number of fused-ring (bicyclic) bond motifs is 1. The van der Waals surface area contributed by atoms with E-state index in [2.05, 4.69) is 17.0 Å². The molecule has 0 aliphatic heterocycles. The van der Waals surface area contributed by atoms with Gasteiger partial charge in [0.1, 0.15) is 11.4 Å². The van der Waals surface area contributed by atoms with Crippen LogP contribution in [0.15, 0.2) is 35.3 Å². The number of aromatic amines is 1. The van der Waals surface area contributed by atoms with Gasteiger partial charge in [-0.05, 0) is 31.0 Å². The van der Waals surface area contributed by atoms with Crippen molar-refractivity contribution in [3.63, 3.8) is 0 Å². The standard InChI is InChI=1S/C20H23FN4O2/c1-4-5-10-24(3)19(26)17-12-22-25-18(17)23-13(2)16(20(25)27)11-14-6-8-15(21)9-7-14/h6-9,12,22H,4-5,10-11H2,1-3H3. The van der Waals surface area contributed by atoms with E-state index >= 15 is 0 Å². The van der Waals surface area contributed by atoms with Crippen LogP contribution in [0, 0.1) is 12.7 Å². The van der Waals surface area contributed by atoms with Crippen molar-refractivity contribution in [2.75, 3.05) is 13.6 Å². The van der Waals surface area contributed by atoms with Gasteiger partial charge < -0.3 is 4.90 Å². The Morgan fingerprint density at radius 1 is 1.30 bits per heavy atom. The Balaban J connectivity index is 1.98. The van der Waals surface area contributed by atoms with Crippen LogP contribution in [-0.4, -0.2) is 39.0 Å². The Kier molecular flexibility index (Phi) is 5.39. The largest absolute Gasteiger partial charge is 0.342 e. The van der Waals surface area contributed by atoms with E-state index in [1.165, 1.54) is 22.8 Å². The number of halogens is 1. The number of aromatic nitrogens is 3. The number of hydrogen-bond donors (Lipinski definition) is 1. The molecule has 3 aromatic rings. The van der Waals surface area contributed by atoms with E-state index in [1.807, 2.05) is 0 Å². The molecule has 0 aliphatic carbocycles. The molecule has 2 heterocycles. The van der Waals surface area contributed by atoms with Crippen molar-refractivity contribution in [3.05, 3.63) is 69.0 Å². The third-order valence-corrected chi connectivity index (χ3v) is 4.68. The van der Waals surface area contributed by atoms with Crippen molar-refractivity contribution in [1.29, 1.82) is 0 Å². The van der Waals surface area contributed by atoms with E-state index in [-0.39, 0.29) is 17.3 Å². The summed E-state index contributed by atoms with van der Waals surface area (Å²) in [7, 11) is 1.75. The summed E-state index contributed by atoms with van der Waals surface area (Å²) in [5.74, 6) is -0.486.